The molecule has 104 valence electrons. The second kappa shape index (κ2) is 7.73. The molecule has 1 atom stereocenters. The summed E-state index contributed by atoms with van der Waals surface area (Å²) in [6.07, 6.45) is 2.92. The van der Waals surface area contributed by atoms with Gasteiger partial charge in [-0.15, -0.1) is 0 Å². The van der Waals surface area contributed by atoms with Crippen LogP contribution in [0, 0.1) is 17.2 Å². The van der Waals surface area contributed by atoms with Crippen LogP contribution in [0.1, 0.15) is 40.0 Å². The van der Waals surface area contributed by atoms with Gasteiger partial charge in [-0.25, -0.2) is 0 Å². The molecule has 1 N–H and O–H groups in total. The first-order chi connectivity index (χ1) is 8.56. The Kier molecular flexibility index (Phi) is 6.62. The second-order valence-corrected chi connectivity index (χ2v) is 5.62. The van der Waals surface area contributed by atoms with E-state index in [4.69, 9.17) is 9.47 Å². The molecule has 1 rings (SSSR count). The molecule has 0 aromatic carbocycles. The summed E-state index contributed by atoms with van der Waals surface area (Å²) < 4.78 is 11.0. The summed E-state index contributed by atoms with van der Waals surface area (Å²) in [6, 6.07) is 2.65. The summed E-state index contributed by atoms with van der Waals surface area (Å²) in [5.74, 6) is 0.630. The maximum absolute atomic E-state index is 9.20. The van der Waals surface area contributed by atoms with Crippen LogP contribution in [0.5, 0.6) is 0 Å². The molecule has 1 heterocycles. The summed E-state index contributed by atoms with van der Waals surface area (Å²) in [6.45, 7) is 9.20. The standard InChI is InChI=1S/C14H26N2O2/c1-12(2)16-14(3,11-15)6-9-18-10-13-4-7-17-8-5-13/h12-13,16H,4-10H2,1-3H3. The zero-order valence-electron chi connectivity index (χ0n) is 11.9. The molecule has 4 nitrogen and oxygen atoms in total. The smallest absolute Gasteiger partial charge is 0.106 e. The lowest BCUT2D eigenvalue weighted by atomic mass is 9.99. The van der Waals surface area contributed by atoms with Crippen LogP contribution < -0.4 is 5.32 Å². The van der Waals surface area contributed by atoms with Gasteiger partial charge in [0.25, 0.3) is 0 Å². The van der Waals surface area contributed by atoms with E-state index in [0.29, 0.717) is 18.6 Å². The van der Waals surface area contributed by atoms with Crippen molar-refractivity contribution in [2.75, 3.05) is 26.4 Å². The number of ether oxygens (including phenoxy) is 2. The van der Waals surface area contributed by atoms with Gasteiger partial charge < -0.3 is 9.47 Å². The first-order valence-corrected chi connectivity index (χ1v) is 6.90. The molecule has 1 aliphatic heterocycles. The number of nitriles is 1. The summed E-state index contributed by atoms with van der Waals surface area (Å²) in [5.41, 5.74) is -0.482. The lowest BCUT2D eigenvalue weighted by Crippen LogP contribution is -2.45. The molecule has 0 spiro atoms. The highest BCUT2D eigenvalue weighted by molar-refractivity contribution is 5.04. The quantitative estimate of drug-likeness (QED) is 0.707. The Bertz CT molecular complexity index is 269. The van der Waals surface area contributed by atoms with Crippen molar-refractivity contribution in [3.05, 3.63) is 0 Å². The molecule has 0 saturated carbocycles. The molecule has 1 aliphatic rings. The third-order valence-corrected chi connectivity index (χ3v) is 3.29. The van der Waals surface area contributed by atoms with Crippen LogP contribution in [0.2, 0.25) is 0 Å². The van der Waals surface area contributed by atoms with Crippen LogP contribution in [0.3, 0.4) is 0 Å². The zero-order chi connectivity index (χ0) is 13.4. The minimum atomic E-state index is -0.482. The highest BCUT2D eigenvalue weighted by Gasteiger charge is 2.24. The van der Waals surface area contributed by atoms with Gasteiger partial charge in [0.1, 0.15) is 5.54 Å². The second-order valence-electron chi connectivity index (χ2n) is 5.62. The molecule has 1 saturated heterocycles. The molecular weight excluding hydrogens is 228 g/mol. The van der Waals surface area contributed by atoms with E-state index >= 15 is 0 Å². The Labute approximate surface area is 111 Å². The molecular formula is C14H26N2O2. The van der Waals surface area contributed by atoms with Gasteiger partial charge in [0.2, 0.25) is 0 Å². The highest BCUT2D eigenvalue weighted by atomic mass is 16.5. The number of nitrogens with zero attached hydrogens (tertiary/aromatic N) is 1. The fourth-order valence-corrected chi connectivity index (χ4v) is 2.24. The van der Waals surface area contributed by atoms with Gasteiger partial charge in [0.05, 0.1) is 6.07 Å². The Balaban J connectivity index is 2.17. The van der Waals surface area contributed by atoms with E-state index in [2.05, 4.69) is 25.2 Å². The van der Waals surface area contributed by atoms with Gasteiger partial charge in [0.15, 0.2) is 0 Å². The van der Waals surface area contributed by atoms with Gasteiger partial charge in [-0.1, -0.05) is 0 Å². The van der Waals surface area contributed by atoms with Gasteiger partial charge in [0, 0.05) is 38.9 Å². The molecule has 0 aromatic rings. The van der Waals surface area contributed by atoms with E-state index in [1.54, 1.807) is 0 Å². The monoisotopic (exact) mass is 254 g/mol. The first kappa shape index (κ1) is 15.4. The van der Waals surface area contributed by atoms with E-state index < -0.39 is 5.54 Å². The first-order valence-electron chi connectivity index (χ1n) is 6.90. The minimum absolute atomic E-state index is 0.310. The minimum Gasteiger partial charge on any atom is -0.381 e. The summed E-state index contributed by atoms with van der Waals surface area (Å²) >= 11 is 0. The molecule has 0 radical (unpaired) electrons. The predicted molar refractivity (Wildman–Crippen MR) is 71.3 cm³/mol. The molecule has 0 bridgehead atoms. The largest absolute Gasteiger partial charge is 0.381 e. The summed E-state index contributed by atoms with van der Waals surface area (Å²) in [4.78, 5) is 0. The zero-order valence-corrected chi connectivity index (χ0v) is 11.9. The fraction of sp³-hybridized carbons (Fsp3) is 0.929. The number of nitrogens with one attached hydrogen (secondary N) is 1. The number of rotatable bonds is 7. The van der Waals surface area contributed by atoms with Crippen molar-refractivity contribution < 1.29 is 9.47 Å². The average Bonchev–Trinajstić information content (AvgIpc) is 2.35. The van der Waals surface area contributed by atoms with Gasteiger partial charge in [-0.2, -0.15) is 5.26 Å². The lowest BCUT2D eigenvalue weighted by molar-refractivity contribution is 0.0173. The van der Waals surface area contributed by atoms with Crippen molar-refractivity contribution in [1.82, 2.24) is 5.32 Å². The van der Waals surface area contributed by atoms with E-state index in [1.807, 2.05) is 6.92 Å². The fourth-order valence-electron chi connectivity index (χ4n) is 2.24. The van der Waals surface area contributed by atoms with Crippen molar-refractivity contribution in [2.24, 2.45) is 5.92 Å². The van der Waals surface area contributed by atoms with Crippen LogP contribution in [0.4, 0.5) is 0 Å². The van der Waals surface area contributed by atoms with Crippen LogP contribution in [0.15, 0.2) is 0 Å². The van der Waals surface area contributed by atoms with Crippen molar-refractivity contribution in [1.29, 1.82) is 5.26 Å². The van der Waals surface area contributed by atoms with Crippen molar-refractivity contribution in [2.45, 2.75) is 51.6 Å². The summed E-state index contributed by atoms with van der Waals surface area (Å²) in [5, 5.41) is 12.5. The molecule has 0 amide bonds. The third kappa shape index (κ3) is 5.81. The third-order valence-electron chi connectivity index (χ3n) is 3.29. The molecule has 0 aromatic heterocycles. The normalized spacial score (nSPS) is 20.6. The van der Waals surface area contributed by atoms with Crippen LogP contribution in [-0.4, -0.2) is 38.0 Å². The van der Waals surface area contributed by atoms with Crippen molar-refractivity contribution in [3.63, 3.8) is 0 Å². The topological polar surface area (TPSA) is 54.3 Å². The van der Waals surface area contributed by atoms with E-state index in [1.165, 1.54) is 0 Å². The number of hydrogen-bond acceptors (Lipinski definition) is 4. The number of hydrogen-bond donors (Lipinski definition) is 1. The molecule has 1 unspecified atom stereocenters. The van der Waals surface area contributed by atoms with E-state index in [-0.39, 0.29) is 0 Å². The molecule has 4 heteroatoms. The Morgan fingerprint density at radius 1 is 1.44 bits per heavy atom. The maximum Gasteiger partial charge on any atom is 0.106 e. The Hall–Kier alpha value is -0.630. The molecule has 0 aliphatic carbocycles. The van der Waals surface area contributed by atoms with Crippen LogP contribution in [-0.2, 0) is 9.47 Å². The van der Waals surface area contributed by atoms with E-state index in [9.17, 15) is 5.26 Å². The average molecular weight is 254 g/mol. The van der Waals surface area contributed by atoms with Gasteiger partial charge >= 0.3 is 0 Å². The SMILES string of the molecule is CC(C)NC(C)(C#N)CCOCC1CCOCC1. The van der Waals surface area contributed by atoms with Gasteiger partial charge in [-0.05, 0) is 39.5 Å². The lowest BCUT2D eigenvalue weighted by Gasteiger charge is -2.26. The van der Waals surface area contributed by atoms with Gasteiger partial charge in [-0.3, -0.25) is 5.32 Å². The van der Waals surface area contributed by atoms with Crippen molar-refractivity contribution in [3.8, 4) is 6.07 Å². The highest BCUT2D eigenvalue weighted by Crippen LogP contribution is 2.16. The van der Waals surface area contributed by atoms with E-state index in [0.717, 1.165) is 39.1 Å². The van der Waals surface area contributed by atoms with Crippen LogP contribution >= 0.6 is 0 Å². The molecule has 1 fully saturated rings. The maximum atomic E-state index is 9.20. The predicted octanol–water partition coefficient (Wildman–Crippen LogP) is 2.10. The van der Waals surface area contributed by atoms with Crippen molar-refractivity contribution >= 4 is 0 Å². The Morgan fingerprint density at radius 3 is 2.67 bits per heavy atom. The molecule has 18 heavy (non-hydrogen) atoms. The van der Waals surface area contributed by atoms with Crippen LogP contribution in [0.25, 0.3) is 0 Å². The summed E-state index contributed by atoms with van der Waals surface area (Å²) in [7, 11) is 0. The Morgan fingerprint density at radius 2 is 2.11 bits per heavy atom.